The summed E-state index contributed by atoms with van der Waals surface area (Å²) in [4.78, 5) is 0. The first-order valence-electron chi connectivity index (χ1n) is 2.28. The lowest BCUT2D eigenvalue weighted by molar-refractivity contribution is 0.555. The number of hydrogen-bond acceptors (Lipinski definition) is 4. The minimum atomic E-state index is -0.306. The van der Waals surface area contributed by atoms with E-state index in [1.54, 1.807) is 0 Å². The fraction of sp³-hybridized carbons (Fsp3) is 0.500. The van der Waals surface area contributed by atoms with Crippen molar-refractivity contribution in [1.29, 1.82) is 5.26 Å². The number of hydrogen-bond donors (Lipinski definition) is 2. The highest BCUT2D eigenvalue weighted by atomic mass is 15.4. The van der Waals surface area contributed by atoms with Gasteiger partial charge in [0.1, 0.15) is 12.1 Å². The van der Waals surface area contributed by atoms with Gasteiger partial charge in [-0.2, -0.15) is 10.4 Å². The number of nitriles is 1. The third-order valence-electron chi connectivity index (χ3n) is 0.995. The van der Waals surface area contributed by atoms with E-state index in [0.29, 0.717) is 0 Å². The third-order valence-corrected chi connectivity index (χ3v) is 0.995. The maximum absolute atomic E-state index is 8.28. The highest BCUT2D eigenvalue weighted by Gasteiger charge is 2.17. The summed E-state index contributed by atoms with van der Waals surface area (Å²) in [6.45, 7) is 0. The summed E-state index contributed by atoms with van der Waals surface area (Å²) in [6, 6.07) is 1.98. The second kappa shape index (κ2) is 1.80. The first-order chi connectivity index (χ1) is 3.84. The molecule has 0 aromatic heterocycles. The van der Waals surface area contributed by atoms with Gasteiger partial charge in [-0.05, 0) is 0 Å². The second-order valence-corrected chi connectivity index (χ2v) is 1.59. The molecule has 1 heterocycles. The Balaban J connectivity index is 2.57. The Kier molecular flexibility index (Phi) is 1.14. The summed E-state index contributed by atoms with van der Waals surface area (Å²) in [5.41, 5.74) is 7.88. The molecule has 0 aromatic carbocycles. The van der Waals surface area contributed by atoms with E-state index < -0.39 is 0 Å². The van der Waals surface area contributed by atoms with Crippen LogP contribution in [0.5, 0.6) is 0 Å². The van der Waals surface area contributed by atoms with Crippen LogP contribution in [0.2, 0.25) is 0 Å². The molecule has 0 spiro atoms. The zero-order valence-corrected chi connectivity index (χ0v) is 4.20. The average Bonchev–Trinajstić information content (AvgIpc) is 2.14. The minimum absolute atomic E-state index is 0.255. The third kappa shape index (κ3) is 0.634. The zero-order chi connectivity index (χ0) is 5.98. The molecule has 4 nitrogen and oxygen atoms in total. The van der Waals surface area contributed by atoms with E-state index in [-0.39, 0.29) is 12.1 Å². The van der Waals surface area contributed by atoms with Gasteiger partial charge in [-0.1, -0.05) is 0 Å². The van der Waals surface area contributed by atoms with E-state index in [2.05, 4.69) is 10.5 Å². The lowest BCUT2D eigenvalue weighted by Crippen LogP contribution is -2.35. The Bertz CT molecular complexity index is 145. The normalized spacial score (nSPS) is 34.0. The molecule has 4 heteroatoms. The molecule has 0 radical (unpaired) electrons. The van der Waals surface area contributed by atoms with Crippen molar-refractivity contribution >= 4 is 6.21 Å². The Morgan fingerprint density at radius 2 is 2.62 bits per heavy atom. The van der Waals surface area contributed by atoms with Crippen LogP contribution in [-0.2, 0) is 0 Å². The van der Waals surface area contributed by atoms with Crippen molar-refractivity contribution in [2.45, 2.75) is 6.17 Å². The van der Waals surface area contributed by atoms with Crippen LogP contribution in [0.3, 0.4) is 0 Å². The van der Waals surface area contributed by atoms with Crippen LogP contribution in [-0.4, -0.2) is 12.4 Å². The lowest BCUT2D eigenvalue weighted by atomic mass is 10.2. The maximum atomic E-state index is 8.28. The van der Waals surface area contributed by atoms with Crippen molar-refractivity contribution < 1.29 is 0 Å². The largest absolute Gasteiger partial charge is 0.309 e. The van der Waals surface area contributed by atoms with E-state index >= 15 is 0 Å². The molecule has 2 atom stereocenters. The Hall–Kier alpha value is -1.08. The summed E-state index contributed by atoms with van der Waals surface area (Å²) in [7, 11) is 0. The van der Waals surface area contributed by atoms with E-state index in [9.17, 15) is 0 Å². The van der Waals surface area contributed by atoms with Crippen molar-refractivity contribution in [3.8, 4) is 6.07 Å². The van der Waals surface area contributed by atoms with Gasteiger partial charge in [-0.15, -0.1) is 0 Å². The molecule has 1 rings (SSSR count). The van der Waals surface area contributed by atoms with E-state index in [0.717, 1.165) is 0 Å². The zero-order valence-electron chi connectivity index (χ0n) is 4.20. The van der Waals surface area contributed by atoms with Crippen LogP contribution < -0.4 is 11.2 Å². The van der Waals surface area contributed by atoms with Crippen molar-refractivity contribution in [3.05, 3.63) is 0 Å². The van der Waals surface area contributed by atoms with Crippen LogP contribution in [0.1, 0.15) is 0 Å². The minimum Gasteiger partial charge on any atom is -0.309 e. The van der Waals surface area contributed by atoms with Gasteiger partial charge in [0.2, 0.25) is 0 Å². The van der Waals surface area contributed by atoms with Crippen LogP contribution in [0.4, 0.5) is 0 Å². The van der Waals surface area contributed by atoms with Gasteiger partial charge in [-0.3, -0.25) is 5.43 Å². The van der Waals surface area contributed by atoms with Crippen LogP contribution in [0, 0.1) is 17.2 Å². The second-order valence-electron chi connectivity index (χ2n) is 1.59. The number of hydrazone groups is 1. The predicted octanol–water partition coefficient (Wildman–Crippen LogP) is -1.00. The molecule has 1 aliphatic rings. The predicted molar refractivity (Wildman–Crippen MR) is 28.7 cm³/mol. The lowest BCUT2D eigenvalue weighted by Gasteiger charge is -2.02. The van der Waals surface area contributed by atoms with Gasteiger partial charge in [0, 0.05) is 6.21 Å². The van der Waals surface area contributed by atoms with Gasteiger partial charge < -0.3 is 5.73 Å². The molecule has 0 unspecified atom stereocenters. The summed E-state index contributed by atoms with van der Waals surface area (Å²) >= 11 is 0. The molecule has 8 heavy (non-hydrogen) atoms. The molecule has 0 amide bonds. The highest BCUT2D eigenvalue weighted by molar-refractivity contribution is 5.66. The molecule has 3 N–H and O–H groups in total. The first-order valence-corrected chi connectivity index (χ1v) is 2.28. The molecular formula is C4H6N4. The van der Waals surface area contributed by atoms with Crippen LogP contribution in [0.15, 0.2) is 5.10 Å². The molecule has 0 aromatic rings. The van der Waals surface area contributed by atoms with Crippen molar-refractivity contribution in [2.24, 2.45) is 16.8 Å². The number of rotatable bonds is 0. The topological polar surface area (TPSA) is 74.2 Å². The number of nitrogens with two attached hydrogens (primary N) is 1. The first kappa shape index (κ1) is 5.06. The van der Waals surface area contributed by atoms with Crippen LogP contribution >= 0.6 is 0 Å². The monoisotopic (exact) mass is 110 g/mol. The van der Waals surface area contributed by atoms with Crippen molar-refractivity contribution in [1.82, 2.24) is 5.43 Å². The molecule has 0 saturated carbocycles. The Labute approximate surface area is 47.0 Å². The molecule has 1 aliphatic heterocycles. The summed E-state index contributed by atoms with van der Waals surface area (Å²) in [6.07, 6.45) is 1.20. The average molecular weight is 110 g/mol. The van der Waals surface area contributed by atoms with Crippen molar-refractivity contribution in [2.75, 3.05) is 0 Å². The molecule has 0 fully saturated rings. The highest BCUT2D eigenvalue weighted by Crippen LogP contribution is 1.98. The SMILES string of the molecule is N#C[C@@H]1C=NN[C@H]1N. The Morgan fingerprint density at radius 1 is 1.88 bits per heavy atom. The van der Waals surface area contributed by atoms with E-state index in [1.807, 2.05) is 6.07 Å². The van der Waals surface area contributed by atoms with Gasteiger partial charge in [0.15, 0.2) is 0 Å². The Morgan fingerprint density at radius 3 is 2.88 bits per heavy atom. The quantitative estimate of drug-likeness (QED) is 0.420. The fourth-order valence-electron chi connectivity index (χ4n) is 0.496. The molecule has 0 aliphatic carbocycles. The molecule has 0 bridgehead atoms. The molecular weight excluding hydrogens is 104 g/mol. The van der Waals surface area contributed by atoms with Gasteiger partial charge in [0.05, 0.1) is 6.07 Å². The summed E-state index contributed by atoms with van der Waals surface area (Å²) in [5.74, 6) is -0.255. The van der Waals surface area contributed by atoms with Crippen molar-refractivity contribution in [3.63, 3.8) is 0 Å². The fourth-order valence-corrected chi connectivity index (χ4v) is 0.496. The van der Waals surface area contributed by atoms with Gasteiger partial charge in [0.25, 0.3) is 0 Å². The maximum Gasteiger partial charge on any atom is 0.118 e. The number of nitrogens with one attached hydrogen (secondary N) is 1. The standard InChI is InChI=1S/C4H6N4/c5-1-3-2-7-8-4(3)6/h2-4,8H,6H2/t3-,4-/m1/s1. The number of nitrogens with zero attached hydrogens (tertiary/aromatic N) is 2. The van der Waals surface area contributed by atoms with E-state index in [4.69, 9.17) is 11.0 Å². The molecule has 42 valence electrons. The smallest absolute Gasteiger partial charge is 0.118 e. The van der Waals surface area contributed by atoms with Gasteiger partial charge in [-0.25, -0.2) is 0 Å². The van der Waals surface area contributed by atoms with Crippen LogP contribution in [0.25, 0.3) is 0 Å². The summed E-state index contributed by atoms with van der Waals surface area (Å²) in [5, 5.41) is 11.9. The molecule has 0 saturated heterocycles. The van der Waals surface area contributed by atoms with E-state index in [1.165, 1.54) is 6.21 Å². The van der Waals surface area contributed by atoms with Gasteiger partial charge >= 0.3 is 0 Å². The summed E-state index contributed by atoms with van der Waals surface area (Å²) < 4.78 is 0.